The number of amides is 5. The van der Waals surface area contributed by atoms with Gasteiger partial charge < -0.3 is 50.5 Å². The van der Waals surface area contributed by atoms with E-state index in [2.05, 4.69) is 188 Å². The van der Waals surface area contributed by atoms with Crippen molar-refractivity contribution in [1.29, 1.82) is 0 Å². The molecule has 146 heavy (non-hydrogen) atoms. The van der Waals surface area contributed by atoms with Crippen LogP contribution < -0.4 is 59.8 Å². The molecule has 5 aliphatic heterocycles. The Bertz CT molecular complexity index is 6790. The molecular formula is C106H146FN21O14S4. The van der Waals surface area contributed by atoms with Crippen molar-refractivity contribution in [3.8, 4) is 11.3 Å². The average molecular weight is 2090 g/mol. The second-order valence-electron chi connectivity index (χ2n) is 44.1. The van der Waals surface area contributed by atoms with Crippen LogP contribution in [0.3, 0.4) is 0 Å². The van der Waals surface area contributed by atoms with Crippen molar-refractivity contribution < 1.29 is 66.8 Å². The predicted molar refractivity (Wildman–Crippen MR) is 571 cm³/mol. The van der Waals surface area contributed by atoms with Crippen LogP contribution in [-0.2, 0) is 55.0 Å². The molecule has 5 aliphatic rings. The number of nitrogens with one attached hydrogen (secondary N) is 4. The van der Waals surface area contributed by atoms with Gasteiger partial charge in [-0.3, -0.25) is 24.0 Å². The van der Waals surface area contributed by atoms with Crippen LogP contribution in [0, 0.1) is 47.7 Å². The van der Waals surface area contributed by atoms with Gasteiger partial charge in [0.25, 0.3) is 63.7 Å². The topological polar surface area (TPSA) is 457 Å². The van der Waals surface area contributed by atoms with Gasteiger partial charge in [-0.05, 0) is 250 Å². The van der Waals surface area contributed by atoms with Crippen LogP contribution in [0.15, 0.2) is 172 Å². The fourth-order valence-corrected chi connectivity index (χ4v) is 23.4. The summed E-state index contributed by atoms with van der Waals surface area (Å²) < 4.78 is 133. The highest BCUT2D eigenvalue weighted by atomic mass is 32.2. The maximum atomic E-state index is 14.2. The number of halogens is 1. The first kappa shape index (κ1) is 114. The summed E-state index contributed by atoms with van der Waals surface area (Å²) in [5.41, 5.74) is 14.8. The molecule has 8 N–H and O–H groups in total. The Morgan fingerprint density at radius 3 is 1.40 bits per heavy atom. The zero-order valence-electron chi connectivity index (χ0n) is 88.6. The van der Waals surface area contributed by atoms with Crippen LogP contribution in [0.1, 0.15) is 255 Å². The second-order valence-corrected chi connectivity index (χ2v) is 50.6. The van der Waals surface area contributed by atoms with Gasteiger partial charge in [-0.15, -0.1) is 0 Å². The molecule has 0 spiro atoms. The molecule has 790 valence electrons. The second kappa shape index (κ2) is 45.9. The van der Waals surface area contributed by atoms with Crippen molar-refractivity contribution in [3.05, 3.63) is 197 Å². The molecule has 40 heteroatoms. The number of carbonyl (C=O) groups is 5. The van der Waals surface area contributed by atoms with E-state index in [1.54, 1.807) is 99.2 Å². The van der Waals surface area contributed by atoms with Gasteiger partial charge in [-0.1, -0.05) is 126 Å². The number of anilines is 8. The van der Waals surface area contributed by atoms with Crippen LogP contribution in [0.2, 0.25) is 0 Å². The minimum atomic E-state index is -4.31. The number of sulfonamides is 4. The molecule has 0 saturated carbocycles. The zero-order chi connectivity index (χ0) is 108. The van der Waals surface area contributed by atoms with Crippen molar-refractivity contribution in [2.75, 3.05) is 121 Å². The molecule has 0 bridgehead atoms. The number of benzene rings is 1. The monoisotopic (exact) mass is 2080 g/mol. The summed E-state index contributed by atoms with van der Waals surface area (Å²) in [5, 5.41) is -0.736. The van der Waals surface area contributed by atoms with E-state index >= 15 is 0 Å². The van der Waals surface area contributed by atoms with Crippen molar-refractivity contribution >= 4 is 122 Å². The Hall–Kier alpha value is -12.4. The zero-order valence-corrected chi connectivity index (χ0v) is 91.9. The summed E-state index contributed by atoms with van der Waals surface area (Å²) in [6.45, 7) is 52.1. The highest BCUT2D eigenvalue weighted by molar-refractivity contribution is 7.91. The number of rotatable bonds is 29. The Labute approximate surface area is 861 Å². The number of nitrogens with zero attached hydrogens (tertiary/aromatic N) is 15. The van der Waals surface area contributed by atoms with Gasteiger partial charge in [0, 0.05) is 137 Å². The quantitative estimate of drug-likeness (QED) is 0.0253. The summed E-state index contributed by atoms with van der Waals surface area (Å²) in [5.74, 6) is 1.45. The minimum absolute atomic E-state index is 0.0339. The maximum absolute atomic E-state index is 14.2. The third-order valence-corrected chi connectivity index (χ3v) is 31.4. The summed E-state index contributed by atoms with van der Waals surface area (Å²) in [6.07, 6.45) is 13.2. The third-order valence-electron chi connectivity index (χ3n) is 26.3. The van der Waals surface area contributed by atoms with Crippen LogP contribution in [-0.4, -0.2) is 210 Å². The lowest BCUT2D eigenvalue weighted by Crippen LogP contribution is -2.41. The molecule has 1 aromatic carbocycles. The van der Waals surface area contributed by atoms with E-state index in [-0.39, 0.29) is 98.6 Å². The lowest BCUT2D eigenvalue weighted by molar-refractivity contribution is -0.132. The summed E-state index contributed by atoms with van der Waals surface area (Å²) >= 11 is 0. The average Bonchev–Trinajstić information content (AvgIpc) is 1.37. The molecule has 0 radical (unpaired) electrons. The number of aryl methyl sites for hydroxylation is 1. The first-order chi connectivity index (χ1) is 68.1. The van der Waals surface area contributed by atoms with Gasteiger partial charge in [0.1, 0.15) is 57.3 Å². The molecule has 4 fully saturated rings. The Morgan fingerprint density at radius 1 is 0.521 bits per heavy atom. The fraction of sp³-hybridized carbons (Fsp3) is 0.500. The Morgan fingerprint density at radius 2 is 0.966 bits per heavy atom. The molecular weight excluding hydrogens is 1940 g/mol. The van der Waals surface area contributed by atoms with Crippen LogP contribution >= 0.6 is 0 Å². The SMILES string of the molecule is CC(C)CCN(C)c1cccc(S(=O)(=O)NC(=O)c2cccnc2N2CC(C)CC2(C)C)n1.CCCN(CCOC)c1cccc(S(=O)(=O)NC(=O)c2cccnc2N2CC(C)CC2(C)C)n1.C[C@@H]1CN(c2nc(C(C)(C)C)c(C3=CCN(C(=O)CC(C)(C)C)CC3)cc2C(=O)NS(=O)(=O)c2cccc(N)n2)C(C)(C)C1.Cc1ccc(-c2ccc(C(=O)NS(=O)(=O)c3cccnc3N)c(N3C[C@@H](C)CC3(C)C)n2)cc1F. The lowest BCUT2D eigenvalue weighted by Gasteiger charge is -2.36. The summed E-state index contributed by atoms with van der Waals surface area (Å²) in [6, 6.07) is 32.7. The normalized spacial score (nSPS) is 18.1. The van der Waals surface area contributed by atoms with E-state index in [4.69, 9.17) is 26.2 Å². The number of pyridine rings is 8. The Kier molecular flexibility index (Phi) is 35.8. The molecule has 13 heterocycles. The number of aromatic nitrogens is 8. The van der Waals surface area contributed by atoms with Crippen molar-refractivity contribution in [2.45, 2.75) is 251 Å². The van der Waals surface area contributed by atoms with E-state index in [1.165, 1.54) is 60.8 Å². The molecule has 0 aliphatic carbocycles. The van der Waals surface area contributed by atoms with E-state index in [1.807, 2.05) is 53.5 Å². The van der Waals surface area contributed by atoms with Crippen molar-refractivity contribution in [1.82, 2.24) is 63.7 Å². The van der Waals surface area contributed by atoms with Gasteiger partial charge in [-0.25, -0.2) is 71.6 Å². The number of hydrogen-bond donors (Lipinski definition) is 6. The molecule has 9 aromatic rings. The number of carbonyl (C=O) groups excluding carboxylic acids is 5. The molecule has 4 atom stereocenters. The maximum Gasteiger partial charge on any atom is 0.281 e. The summed E-state index contributed by atoms with van der Waals surface area (Å²) in [4.78, 5) is 115. The number of ether oxygens (including phenoxy) is 1. The smallest absolute Gasteiger partial charge is 0.281 e. The van der Waals surface area contributed by atoms with Gasteiger partial charge in [-0.2, -0.15) is 25.3 Å². The molecule has 35 nitrogen and oxygen atoms in total. The fourth-order valence-electron chi connectivity index (χ4n) is 19.6. The van der Waals surface area contributed by atoms with Gasteiger partial charge in [0.2, 0.25) is 5.91 Å². The van der Waals surface area contributed by atoms with Gasteiger partial charge in [0.15, 0.2) is 15.1 Å². The predicted octanol–water partition coefficient (Wildman–Crippen LogP) is 15.9. The van der Waals surface area contributed by atoms with Crippen molar-refractivity contribution in [3.63, 3.8) is 0 Å². The third kappa shape index (κ3) is 28.3. The largest absolute Gasteiger partial charge is 0.384 e. The molecule has 2 unspecified atom stereocenters. The van der Waals surface area contributed by atoms with Crippen LogP contribution in [0.25, 0.3) is 16.8 Å². The molecule has 4 saturated heterocycles. The van der Waals surface area contributed by atoms with Gasteiger partial charge in [0.05, 0.1) is 40.2 Å². The number of nitrogen functional groups attached to an aromatic ring is 2. The van der Waals surface area contributed by atoms with Gasteiger partial charge >= 0.3 is 0 Å². The highest BCUT2D eigenvalue weighted by Crippen LogP contribution is 2.45. The van der Waals surface area contributed by atoms with E-state index in [0.717, 1.165) is 75.0 Å². The number of hydrogen-bond acceptors (Lipinski definition) is 30. The van der Waals surface area contributed by atoms with E-state index in [9.17, 15) is 62.0 Å². The number of methoxy groups -OCH3 is 1. The minimum Gasteiger partial charge on any atom is -0.384 e. The van der Waals surface area contributed by atoms with Crippen molar-refractivity contribution in [2.24, 2.45) is 35.0 Å². The van der Waals surface area contributed by atoms with E-state index in [0.29, 0.717) is 140 Å². The molecule has 5 amide bonds. The first-order valence-corrected chi connectivity index (χ1v) is 55.4. The lowest BCUT2D eigenvalue weighted by atomic mass is 9.83. The van der Waals surface area contributed by atoms with E-state index < -0.39 is 63.7 Å². The highest BCUT2D eigenvalue weighted by Gasteiger charge is 2.46. The first-order valence-electron chi connectivity index (χ1n) is 49.5. The molecule has 14 rings (SSSR count). The standard InChI is InChI=1S/C33H48N6O4S.C25H28FN5O3S.C24H35N5O4S.C24H35N5O3S/c1-21-18-33(8,9)39(20-21)29-24(30(41)37-44(42,43)26-12-10-11-25(34)35-26)17-23(28(36-29)32(5,6)7)22-13-15-38(16-14-22)27(40)19-31(2,3)4;1-15-13-25(3,4)31(14-15)23-18(9-10-20(29-23)17-8-7-16(2)19(26)12-17)24(32)30-35(33,34)21-6-5-11-28-22(21)27;1-6-13-28(14-15-33-5)20-10-7-11-21(26-20)34(31,32)27-23(30)19-9-8-12-25-22(19)29-17-18(2)16-24(29,3)4;1-17(2)12-14-28(6)20-10-7-11-21(26-20)33(31,32)27-23(30)19-9-8-13-25-22(19)29-16-18(3)15-24(29,4)5/h10-13,17,21H,14-16,18-20H2,1-9H3,(H2,34,35)(H,37,41);5-12,15H,13-14H2,1-4H3,(H2,27,28)(H,30,32);7-12,18H,6,13-17H2,1-5H3,(H,27,30);7-11,13,17-18H,12,14-16H2,1-6H3,(H,27,30)/t21-;15-;;/m00../s1. The summed E-state index contributed by atoms with van der Waals surface area (Å²) in [7, 11) is -13.4. The van der Waals surface area contributed by atoms with Crippen LogP contribution in [0.5, 0.6) is 0 Å². The Balaban J connectivity index is 0.000000186. The number of nitrogens with two attached hydrogens (primary N) is 2. The van der Waals surface area contributed by atoms with Crippen LogP contribution in [0.4, 0.5) is 50.9 Å². The molecule has 8 aromatic heterocycles.